The van der Waals surface area contributed by atoms with Crippen molar-refractivity contribution in [1.82, 2.24) is 0 Å². The number of hydrogen-bond donors (Lipinski definition) is 0. The van der Waals surface area contributed by atoms with Crippen molar-refractivity contribution in [2.75, 3.05) is 0 Å². The fourth-order valence-electron chi connectivity index (χ4n) is 5.52. The van der Waals surface area contributed by atoms with Gasteiger partial charge in [0.2, 0.25) is 0 Å². The van der Waals surface area contributed by atoms with Gasteiger partial charge in [0, 0.05) is 5.92 Å². The highest BCUT2D eigenvalue weighted by Crippen LogP contribution is 2.57. The van der Waals surface area contributed by atoms with Crippen molar-refractivity contribution in [2.24, 2.45) is 35.5 Å². The second-order valence-electron chi connectivity index (χ2n) is 7.62. The maximum Gasteiger partial charge on any atom is 0.310 e. The lowest BCUT2D eigenvalue weighted by atomic mass is 9.51. The van der Waals surface area contributed by atoms with Crippen LogP contribution in [0.25, 0.3) is 0 Å². The van der Waals surface area contributed by atoms with Crippen LogP contribution in [0.1, 0.15) is 51.4 Å². The molecule has 0 N–H and O–H groups in total. The third kappa shape index (κ3) is 1.96. The van der Waals surface area contributed by atoms with Gasteiger partial charge in [-0.15, -0.1) is 0 Å². The molecule has 0 amide bonds. The van der Waals surface area contributed by atoms with Gasteiger partial charge in [0.15, 0.2) is 6.10 Å². The van der Waals surface area contributed by atoms with Gasteiger partial charge in [-0.05, 0) is 68.6 Å². The van der Waals surface area contributed by atoms with E-state index < -0.39 is 6.10 Å². The summed E-state index contributed by atoms with van der Waals surface area (Å²) in [5.41, 5.74) is 0. The van der Waals surface area contributed by atoms with Crippen LogP contribution in [0, 0.1) is 46.8 Å². The predicted molar refractivity (Wildman–Crippen MR) is 73.4 cm³/mol. The van der Waals surface area contributed by atoms with Crippen molar-refractivity contribution < 1.29 is 9.53 Å². The summed E-state index contributed by atoms with van der Waals surface area (Å²) < 4.78 is 5.63. The highest BCUT2D eigenvalue weighted by molar-refractivity contribution is 5.73. The lowest BCUT2D eigenvalue weighted by Crippen LogP contribution is -2.50. The minimum atomic E-state index is -0.474. The second-order valence-corrected chi connectivity index (χ2v) is 7.62. The predicted octanol–water partition coefficient (Wildman–Crippen LogP) is 3.29. The zero-order valence-electron chi connectivity index (χ0n) is 12.0. The van der Waals surface area contributed by atoms with Crippen molar-refractivity contribution in [3.8, 4) is 6.07 Å². The summed E-state index contributed by atoms with van der Waals surface area (Å²) in [5.74, 6) is 3.40. The first-order valence-electron chi connectivity index (χ1n) is 8.34. The maximum absolute atomic E-state index is 12.1. The molecule has 5 fully saturated rings. The van der Waals surface area contributed by atoms with E-state index in [0.717, 1.165) is 31.1 Å². The molecule has 108 valence electrons. The number of hydrogen-bond acceptors (Lipinski definition) is 3. The molecule has 0 heterocycles. The SMILES string of the molecule is N#CC(OC(=O)C1CCC1)C1C2CC3CC(C2)CC1C3. The number of esters is 1. The highest BCUT2D eigenvalue weighted by atomic mass is 16.5. The van der Waals surface area contributed by atoms with E-state index in [-0.39, 0.29) is 11.9 Å². The summed E-state index contributed by atoms with van der Waals surface area (Å²) in [6.07, 6.45) is 9.09. The van der Waals surface area contributed by atoms with Gasteiger partial charge >= 0.3 is 5.97 Å². The fourth-order valence-corrected chi connectivity index (χ4v) is 5.52. The van der Waals surface area contributed by atoms with Gasteiger partial charge in [-0.3, -0.25) is 4.79 Å². The molecule has 3 nitrogen and oxygen atoms in total. The average Bonchev–Trinajstić information content (AvgIpc) is 2.33. The summed E-state index contributed by atoms with van der Waals surface area (Å²) in [6, 6.07) is 2.32. The average molecular weight is 273 g/mol. The van der Waals surface area contributed by atoms with Crippen molar-refractivity contribution in [2.45, 2.75) is 57.5 Å². The van der Waals surface area contributed by atoms with Crippen LogP contribution in [0.4, 0.5) is 0 Å². The van der Waals surface area contributed by atoms with Gasteiger partial charge in [0.05, 0.1) is 5.92 Å². The molecular weight excluding hydrogens is 250 g/mol. The number of carbonyl (C=O) groups is 1. The van der Waals surface area contributed by atoms with Crippen molar-refractivity contribution in [3.63, 3.8) is 0 Å². The molecule has 0 aromatic carbocycles. The maximum atomic E-state index is 12.1. The molecule has 4 bridgehead atoms. The molecule has 0 radical (unpaired) electrons. The van der Waals surface area contributed by atoms with Crippen LogP contribution >= 0.6 is 0 Å². The van der Waals surface area contributed by atoms with Crippen LogP contribution in [0.15, 0.2) is 0 Å². The zero-order chi connectivity index (χ0) is 13.7. The summed E-state index contributed by atoms with van der Waals surface area (Å²) in [6.45, 7) is 0. The van der Waals surface area contributed by atoms with Crippen LogP contribution in [0.2, 0.25) is 0 Å². The largest absolute Gasteiger partial charge is 0.446 e. The fraction of sp³-hybridized carbons (Fsp3) is 0.882. The lowest BCUT2D eigenvalue weighted by molar-refractivity contribution is -0.164. The van der Waals surface area contributed by atoms with E-state index in [1.54, 1.807) is 0 Å². The first-order chi connectivity index (χ1) is 9.74. The Morgan fingerprint density at radius 1 is 1.05 bits per heavy atom. The first-order valence-corrected chi connectivity index (χ1v) is 8.34. The molecule has 5 saturated carbocycles. The van der Waals surface area contributed by atoms with Crippen LogP contribution in [-0.2, 0) is 9.53 Å². The number of nitrogens with zero attached hydrogens (tertiary/aromatic N) is 1. The summed E-state index contributed by atoms with van der Waals surface area (Å²) in [4.78, 5) is 12.1. The molecule has 20 heavy (non-hydrogen) atoms. The van der Waals surface area contributed by atoms with E-state index in [1.165, 1.54) is 32.1 Å². The number of rotatable bonds is 3. The van der Waals surface area contributed by atoms with Gasteiger partial charge < -0.3 is 4.74 Å². The zero-order valence-corrected chi connectivity index (χ0v) is 12.0. The molecule has 5 aliphatic rings. The third-order valence-corrected chi connectivity index (χ3v) is 6.46. The van der Waals surface area contributed by atoms with E-state index in [1.807, 2.05) is 0 Å². The van der Waals surface area contributed by atoms with E-state index >= 15 is 0 Å². The molecule has 1 atom stereocenters. The number of ether oxygens (including phenoxy) is 1. The van der Waals surface area contributed by atoms with Crippen LogP contribution in [0.3, 0.4) is 0 Å². The number of carbonyl (C=O) groups excluding carboxylic acids is 1. The third-order valence-electron chi connectivity index (χ3n) is 6.46. The molecular formula is C17H23NO2. The normalized spacial score (nSPS) is 43.6. The molecule has 0 aromatic rings. The van der Waals surface area contributed by atoms with Gasteiger partial charge in [0.1, 0.15) is 6.07 Å². The Hall–Kier alpha value is -1.04. The van der Waals surface area contributed by atoms with Crippen LogP contribution in [-0.4, -0.2) is 12.1 Å². The molecule has 5 aliphatic carbocycles. The topological polar surface area (TPSA) is 50.1 Å². The lowest BCUT2D eigenvalue weighted by Gasteiger charge is -2.55. The van der Waals surface area contributed by atoms with E-state index in [2.05, 4.69) is 6.07 Å². The minimum Gasteiger partial charge on any atom is -0.446 e. The Morgan fingerprint density at radius 2 is 1.65 bits per heavy atom. The second kappa shape index (κ2) is 4.76. The van der Waals surface area contributed by atoms with Gasteiger partial charge in [-0.2, -0.15) is 5.26 Å². The highest BCUT2D eigenvalue weighted by Gasteiger charge is 2.52. The monoisotopic (exact) mass is 273 g/mol. The Bertz CT molecular complexity index is 420. The Labute approximate surface area is 120 Å². The molecule has 3 heteroatoms. The standard InChI is InChI=1S/C17H23NO2/c18-9-15(20-17(19)12-2-1-3-12)16-13-5-10-4-11(7-13)8-14(16)6-10/h10-16H,1-8H2. The van der Waals surface area contributed by atoms with Crippen LogP contribution in [0.5, 0.6) is 0 Å². The molecule has 1 unspecified atom stereocenters. The van der Waals surface area contributed by atoms with E-state index in [9.17, 15) is 10.1 Å². The molecule has 0 spiro atoms. The summed E-state index contributed by atoms with van der Waals surface area (Å²) in [7, 11) is 0. The van der Waals surface area contributed by atoms with Gasteiger partial charge in [-0.25, -0.2) is 0 Å². The van der Waals surface area contributed by atoms with E-state index in [0.29, 0.717) is 17.8 Å². The Kier molecular flexibility index (Phi) is 3.02. The Morgan fingerprint density at radius 3 is 2.10 bits per heavy atom. The summed E-state index contributed by atoms with van der Waals surface area (Å²) >= 11 is 0. The first kappa shape index (κ1) is 12.7. The number of nitriles is 1. The minimum absolute atomic E-state index is 0.0858. The van der Waals surface area contributed by atoms with Crippen molar-refractivity contribution in [1.29, 1.82) is 5.26 Å². The molecule has 0 aromatic heterocycles. The van der Waals surface area contributed by atoms with E-state index in [4.69, 9.17) is 4.74 Å². The van der Waals surface area contributed by atoms with Crippen LogP contribution < -0.4 is 0 Å². The van der Waals surface area contributed by atoms with Crippen molar-refractivity contribution >= 4 is 5.97 Å². The molecule has 0 saturated heterocycles. The quantitative estimate of drug-likeness (QED) is 0.741. The Balaban J connectivity index is 1.47. The molecule has 0 aliphatic heterocycles. The smallest absolute Gasteiger partial charge is 0.310 e. The van der Waals surface area contributed by atoms with Crippen molar-refractivity contribution in [3.05, 3.63) is 0 Å². The van der Waals surface area contributed by atoms with Gasteiger partial charge in [0.25, 0.3) is 0 Å². The van der Waals surface area contributed by atoms with Gasteiger partial charge in [-0.1, -0.05) is 6.42 Å². The summed E-state index contributed by atoms with van der Waals surface area (Å²) in [5, 5.41) is 9.50. The molecule has 5 rings (SSSR count).